The molecule has 0 aromatic heterocycles. The molecule has 1 aliphatic carbocycles. The van der Waals surface area contributed by atoms with Crippen LogP contribution in [0.15, 0.2) is 48.5 Å². The van der Waals surface area contributed by atoms with E-state index >= 15 is 0 Å². The molecule has 0 spiro atoms. The summed E-state index contributed by atoms with van der Waals surface area (Å²) in [6.45, 7) is 4.89. The lowest BCUT2D eigenvalue weighted by atomic mass is 9.77. The summed E-state index contributed by atoms with van der Waals surface area (Å²) in [7, 11) is 0. The van der Waals surface area contributed by atoms with Crippen molar-refractivity contribution in [1.29, 1.82) is 0 Å². The molecule has 4 nitrogen and oxygen atoms in total. The third-order valence-corrected chi connectivity index (χ3v) is 8.42. The second-order valence-electron chi connectivity index (χ2n) is 11.8. The Morgan fingerprint density at radius 2 is 1.55 bits per heavy atom. The van der Waals surface area contributed by atoms with Gasteiger partial charge in [0, 0.05) is 25.7 Å². The Labute approximate surface area is 230 Å². The zero-order valence-electron chi connectivity index (χ0n) is 22.7. The van der Waals surface area contributed by atoms with E-state index in [9.17, 15) is 36.2 Å². The first-order valence-electron chi connectivity index (χ1n) is 13.7. The van der Waals surface area contributed by atoms with Gasteiger partial charge in [-0.3, -0.25) is 4.79 Å². The molecule has 1 saturated carbocycles. The fourth-order valence-electron chi connectivity index (χ4n) is 6.46. The molecule has 0 bridgehead atoms. The number of benzene rings is 2. The zero-order valence-corrected chi connectivity index (χ0v) is 22.7. The molecule has 1 amide bonds. The standard InChI is InChI=1S/C30H36F6N2O2/c1-20(2)17-27(26(39)37-19-21-14-23(29(31,32)33)16-24(15-21)30(34,35)36)9-8-25(18-27)38-12-10-28(40,11-13-38)22-6-4-3-5-7-22/h3-7,14-16,20,25,40H,8-13,17-19H2,1-2H3,(H,37,39). The molecule has 4 rings (SSSR count). The summed E-state index contributed by atoms with van der Waals surface area (Å²) in [6.07, 6.45) is -6.31. The van der Waals surface area contributed by atoms with Crippen LogP contribution >= 0.6 is 0 Å². The lowest BCUT2D eigenvalue weighted by molar-refractivity contribution is -0.143. The Balaban J connectivity index is 1.45. The second-order valence-corrected chi connectivity index (χ2v) is 11.8. The number of aliphatic hydroxyl groups is 1. The number of amides is 1. The highest BCUT2D eigenvalue weighted by Crippen LogP contribution is 2.47. The normalized spacial score (nSPS) is 23.9. The van der Waals surface area contributed by atoms with E-state index in [1.807, 2.05) is 44.2 Å². The fourth-order valence-corrected chi connectivity index (χ4v) is 6.46. The van der Waals surface area contributed by atoms with Gasteiger partial charge in [-0.2, -0.15) is 26.3 Å². The molecule has 2 aromatic rings. The van der Waals surface area contributed by atoms with E-state index in [-0.39, 0.29) is 29.5 Å². The molecule has 10 heteroatoms. The topological polar surface area (TPSA) is 52.6 Å². The van der Waals surface area contributed by atoms with E-state index in [1.165, 1.54) is 0 Å². The van der Waals surface area contributed by atoms with Gasteiger partial charge in [-0.15, -0.1) is 0 Å². The molecule has 2 aliphatic rings. The summed E-state index contributed by atoms with van der Waals surface area (Å²) in [4.78, 5) is 15.8. The molecule has 1 aliphatic heterocycles. The van der Waals surface area contributed by atoms with Crippen molar-refractivity contribution >= 4 is 5.91 Å². The summed E-state index contributed by atoms with van der Waals surface area (Å²) in [6, 6.07) is 11.1. The Bertz CT molecular complexity index is 1140. The minimum Gasteiger partial charge on any atom is -0.385 e. The van der Waals surface area contributed by atoms with Gasteiger partial charge >= 0.3 is 12.4 Å². The summed E-state index contributed by atoms with van der Waals surface area (Å²) in [5, 5.41) is 13.9. The van der Waals surface area contributed by atoms with Crippen LogP contribution in [0, 0.1) is 11.3 Å². The molecular weight excluding hydrogens is 534 g/mol. The maximum Gasteiger partial charge on any atom is 0.416 e. The summed E-state index contributed by atoms with van der Waals surface area (Å²) in [5.74, 6) is -0.174. The van der Waals surface area contributed by atoms with Crippen molar-refractivity contribution in [1.82, 2.24) is 10.2 Å². The number of nitrogens with zero attached hydrogens (tertiary/aromatic N) is 1. The third kappa shape index (κ3) is 6.82. The molecular formula is C30H36F6N2O2. The van der Waals surface area contributed by atoms with Crippen molar-refractivity contribution in [2.24, 2.45) is 11.3 Å². The van der Waals surface area contributed by atoms with Crippen molar-refractivity contribution in [2.45, 2.75) is 82.9 Å². The largest absolute Gasteiger partial charge is 0.416 e. The number of alkyl halides is 6. The van der Waals surface area contributed by atoms with Gasteiger partial charge in [0.15, 0.2) is 0 Å². The number of rotatable bonds is 7. The Morgan fingerprint density at radius 3 is 2.08 bits per heavy atom. The van der Waals surface area contributed by atoms with Gasteiger partial charge in [-0.05, 0) is 73.8 Å². The molecule has 220 valence electrons. The summed E-state index contributed by atoms with van der Waals surface area (Å²) < 4.78 is 79.6. The lowest BCUT2D eigenvalue weighted by Gasteiger charge is -2.41. The number of carbonyl (C=O) groups is 1. The SMILES string of the molecule is CC(C)CC1(C(=O)NCc2cc(C(F)(F)F)cc(C(F)(F)F)c2)CCC(N2CCC(O)(c3ccccc3)CC2)C1. The summed E-state index contributed by atoms with van der Waals surface area (Å²) in [5.41, 5.74) is -3.82. The van der Waals surface area contributed by atoms with E-state index in [1.54, 1.807) is 0 Å². The van der Waals surface area contributed by atoms with E-state index in [4.69, 9.17) is 0 Å². The monoisotopic (exact) mass is 570 g/mol. The van der Waals surface area contributed by atoms with Crippen molar-refractivity contribution in [3.8, 4) is 0 Å². The summed E-state index contributed by atoms with van der Waals surface area (Å²) >= 11 is 0. The van der Waals surface area contributed by atoms with E-state index in [0.29, 0.717) is 57.3 Å². The van der Waals surface area contributed by atoms with Gasteiger partial charge in [0.05, 0.1) is 22.1 Å². The van der Waals surface area contributed by atoms with Crippen LogP contribution in [0.2, 0.25) is 0 Å². The quantitative estimate of drug-likeness (QED) is 0.356. The van der Waals surface area contributed by atoms with Crippen LogP contribution in [0.3, 0.4) is 0 Å². The number of carbonyl (C=O) groups excluding carboxylic acids is 1. The first kappa shape index (κ1) is 30.4. The molecule has 40 heavy (non-hydrogen) atoms. The second kappa shape index (κ2) is 11.4. The Morgan fingerprint density at radius 1 is 0.975 bits per heavy atom. The molecule has 2 fully saturated rings. The fraction of sp³-hybridized carbons (Fsp3) is 0.567. The van der Waals surface area contributed by atoms with Crippen LogP contribution in [-0.4, -0.2) is 35.0 Å². The number of hydrogen-bond acceptors (Lipinski definition) is 3. The highest BCUT2D eigenvalue weighted by Gasteiger charge is 2.48. The average molecular weight is 571 g/mol. The maximum atomic E-state index is 13.5. The number of halogens is 6. The smallest absolute Gasteiger partial charge is 0.385 e. The van der Waals surface area contributed by atoms with Crippen molar-refractivity contribution in [3.63, 3.8) is 0 Å². The van der Waals surface area contributed by atoms with Crippen LogP contribution in [0.1, 0.15) is 74.6 Å². The van der Waals surface area contributed by atoms with Gasteiger partial charge < -0.3 is 15.3 Å². The highest BCUT2D eigenvalue weighted by molar-refractivity contribution is 5.83. The van der Waals surface area contributed by atoms with E-state index < -0.39 is 41.0 Å². The van der Waals surface area contributed by atoms with Crippen LogP contribution in [-0.2, 0) is 29.3 Å². The van der Waals surface area contributed by atoms with Gasteiger partial charge in [-0.25, -0.2) is 0 Å². The lowest BCUT2D eigenvalue weighted by Crippen LogP contribution is -2.47. The van der Waals surface area contributed by atoms with Gasteiger partial charge in [-0.1, -0.05) is 44.2 Å². The minimum absolute atomic E-state index is 0.0879. The predicted octanol–water partition coefficient (Wildman–Crippen LogP) is 6.91. The van der Waals surface area contributed by atoms with Gasteiger partial charge in [0.1, 0.15) is 0 Å². The molecule has 2 aromatic carbocycles. The van der Waals surface area contributed by atoms with E-state index in [2.05, 4.69) is 10.2 Å². The molecule has 1 saturated heterocycles. The molecule has 1 heterocycles. The van der Waals surface area contributed by atoms with Crippen LogP contribution in [0.5, 0.6) is 0 Å². The van der Waals surface area contributed by atoms with Crippen LogP contribution in [0.25, 0.3) is 0 Å². The number of piperidine rings is 1. The molecule has 2 N–H and O–H groups in total. The van der Waals surface area contributed by atoms with Crippen LogP contribution < -0.4 is 5.32 Å². The average Bonchev–Trinajstić information content (AvgIpc) is 3.31. The van der Waals surface area contributed by atoms with Crippen molar-refractivity contribution < 1.29 is 36.2 Å². The van der Waals surface area contributed by atoms with Gasteiger partial charge in [0.25, 0.3) is 0 Å². The molecule has 2 unspecified atom stereocenters. The number of nitrogens with one attached hydrogen (secondary N) is 1. The molecule has 0 radical (unpaired) electrons. The van der Waals surface area contributed by atoms with Crippen molar-refractivity contribution in [2.75, 3.05) is 13.1 Å². The molecule has 2 atom stereocenters. The predicted molar refractivity (Wildman–Crippen MR) is 139 cm³/mol. The minimum atomic E-state index is -4.95. The highest BCUT2D eigenvalue weighted by atomic mass is 19.4. The first-order chi connectivity index (χ1) is 18.6. The first-order valence-corrected chi connectivity index (χ1v) is 13.7. The van der Waals surface area contributed by atoms with E-state index in [0.717, 1.165) is 12.0 Å². The number of hydrogen-bond donors (Lipinski definition) is 2. The third-order valence-electron chi connectivity index (χ3n) is 8.42. The zero-order chi connectivity index (χ0) is 29.3. The Hall–Kier alpha value is -2.59. The number of likely N-dealkylation sites (tertiary alicyclic amines) is 1. The Kier molecular flexibility index (Phi) is 8.62. The van der Waals surface area contributed by atoms with Crippen LogP contribution in [0.4, 0.5) is 26.3 Å². The van der Waals surface area contributed by atoms with Crippen molar-refractivity contribution in [3.05, 3.63) is 70.8 Å². The maximum absolute atomic E-state index is 13.5. The van der Waals surface area contributed by atoms with Gasteiger partial charge in [0.2, 0.25) is 5.91 Å².